The van der Waals surface area contributed by atoms with E-state index in [0.29, 0.717) is 25.1 Å². The van der Waals surface area contributed by atoms with E-state index in [1.54, 1.807) is 24.9 Å². The Kier molecular flexibility index (Phi) is 4.04. The molecule has 0 fully saturated rings. The Bertz CT molecular complexity index is 476. The molecule has 0 saturated carbocycles. The van der Waals surface area contributed by atoms with E-state index in [-0.39, 0.29) is 11.7 Å². The summed E-state index contributed by atoms with van der Waals surface area (Å²) in [4.78, 5) is 13.7. The predicted molar refractivity (Wildman–Crippen MR) is 68.5 cm³/mol. The van der Waals surface area contributed by atoms with Gasteiger partial charge in [-0.05, 0) is 31.5 Å². The number of likely N-dealkylation sites (N-methyl/N-ethyl adjacent to an activating group) is 1. The van der Waals surface area contributed by atoms with E-state index in [9.17, 15) is 14.3 Å². The van der Waals surface area contributed by atoms with Gasteiger partial charge in [-0.1, -0.05) is 0 Å². The topological polar surface area (TPSA) is 49.8 Å². The minimum absolute atomic E-state index is 0.141. The minimum Gasteiger partial charge on any atom is -0.480 e. The van der Waals surface area contributed by atoms with Gasteiger partial charge in [-0.2, -0.15) is 0 Å². The molecule has 19 heavy (non-hydrogen) atoms. The van der Waals surface area contributed by atoms with Crippen LogP contribution in [0.15, 0.2) is 18.2 Å². The molecule has 0 aromatic heterocycles. The number of rotatable bonds is 4. The number of hydrogen-bond acceptors (Lipinski definition) is 3. The minimum atomic E-state index is -0.587. The molecule has 1 aromatic carbocycles. The normalized spacial score (nSPS) is 18.6. The van der Waals surface area contributed by atoms with E-state index in [2.05, 4.69) is 0 Å². The van der Waals surface area contributed by atoms with Crippen LogP contribution in [-0.2, 0) is 11.2 Å². The highest BCUT2D eigenvalue weighted by Crippen LogP contribution is 2.29. The summed E-state index contributed by atoms with van der Waals surface area (Å²) in [6, 6.07) is 4.27. The first-order valence-corrected chi connectivity index (χ1v) is 6.35. The van der Waals surface area contributed by atoms with E-state index in [1.165, 1.54) is 12.1 Å². The lowest BCUT2D eigenvalue weighted by Crippen LogP contribution is -2.40. The summed E-state index contributed by atoms with van der Waals surface area (Å²) in [6.07, 6.45) is -0.108. The third-order valence-corrected chi connectivity index (χ3v) is 3.23. The number of fused-ring (bicyclic) bond motifs is 1. The van der Waals surface area contributed by atoms with Gasteiger partial charge in [0.2, 0.25) is 0 Å². The highest BCUT2D eigenvalue weighted by molar-refractivity contribution is 5.82. The molecule has 5 heteroatoms. The lowest BCUT2D eigenvalue weighted by atomic mass is 10.1. The molecule has 1 aliphatic heterocycles. The number of aliphatic hydroxyl groups is 1. The average molecular weight is 267 g/mol. The van der Waals surface area contributed by atoms with E-state index < -0.39 is 12.2 Å². The van der Waals surface area contributed by atoms with Gasteiger partial charge in [0.15, 0.2) is 6.10 Å². The molecule has 2 atom stereocenters. The van der Waals surface area contributed by atoms with Crippen molar-refractivity contribution in [2.45, 2.75) is 32.0 Å². The molecule has 4 nitrogen and oxygen atoms in total. The standard InChI is InChI=1S/C14H18FNO3/c1-9(17)5-6-16(2)14(18)13-8-10-7-11(15)3-4-12(10)19-13/h3-4,7,9,13,17H,5-6,8H2,1-2H3. The molecule has 1 aromatic rings. The number of aliphatic hydroxyl groups excluding tert-OH is 1. The summed E-state index contributed by atoms with van der Waals surface area (Å²) in [5, 5.41) is 9.21. The van der Waals surface area contributed by atoms with Crippen LogP contribution in [-0.4, -0.2) is 41.7 Å². The molecule has 0 bridgehead atoms. The van der Waals surface area contributed by atoms with Crippen molar-refractivity contribution < 1.29 is 19.0 Å². The predicted octanol–water partition coefficient (Wildman–Crippen LogP) is 1.36. The van der Waals surface area contributed by atoms with Crippen molar-refractivity contribution in [3.63, 3.8) is 0 Å². The zero-order valence-corrected chi connectivity index (χ0v) is 11.1. The fourth-order valence-corrected chi connectivity index (χ4v) is 2.09. The van der Waals surface area contributed by atoms with E-state index >= 15 is 0 Å². The second kappa shape index (κ2) is 5.57. The molecule has 2 rings (SSSR count). The largest absolute Gasteiger partial charge is 0.480 e. The Balaban J connectivity index is 1.96. The summed E-state index contributed by atoms with van der Waals surface area (Å²) in [6.45, 7) is 2.16. The van der Waals surface area contributed by atoms with Crippen LogP contribution in [0.3, 0.4) is 0 Å². The van der Waals surface area contributed by atoms with Gasteiger partial charge in [-0.15, -0.1) is 0 Å². The Hall–Kier alpha value is -1.62. The van der Waals surface area contributed by atoms with Crippen LogP contribution in [0.4, 0.5) is 4.39 Å². The Labute approximate surface area is 111 Å². The summed E-state index contributed by atoms with van der Waals surface area (Å²) in [5.74, 6) is 0.110. The fourth-order valence-electron chi connectivity index (χ4n) is 2.09. The molecule has 0 aliphatic carbocycles. The number of amides is 1. The molecule has 1 amide bonds. The van der Waals surface area contributed by atoms with Gasteiger partial charge >= 0.3 is 0 Å². The maximum absolute atomic E-state index is 13.1. The van der Waals surface area contributed by atoms with Crippen LogP contribution >= 0.6 is 0 Å². The summed E-state index contributed by atoms with van der Waals surface area (Å²) in [7, 11) is 1.68. The van der Waals surface area contributed by atoms with Gasteiger partial charge in [-0.3, -0.25) is 4.79 Å². The highest BCUT2D eigenvalue weighted by atomic mass is 19.1. The molecule has 1 N–H and O–H groups in total. The van der Waals surface area contributed by atoms with Gasteiger partial charge in [0.1, 0.15) is 11.6 Å². The van der Waals surface area contributed by atoms with E-state index in [1.807, 2.05) is 0 Å². The van der Waals surface area contributed by atoms with Crippen LogP contribution in [0.5, 0.6) is 5.75 Å². The SMILES string of the molecule is CC(O)CCN(C)C(=O)C1Cc2cc(F)ccc2O1. The smallest absolute Gasteiger partial charge is 0.263 e. The third kappa shape index (κ3) is 3.23. The van der Waals surface area contributed by atoms with Gasteiger partial charge < -0.3 is 14.7 Å². The number of carbonyl (C=O) groups excluding carboxylic acids is 1. The summed E-state index contributed by atoms with van der Waals surface area (Å²) in [5.41, 5.74) is 0.724. The van der Waals surface area contributed by atoms with Crippen LogP contribution in [0, 0.1) is 5.82 Å². The van der Waals surface area contributed by atoms with Crippen molar-refractivity contribution in [1.82, 2.24) is 4.90 Å². The highest BCUT2D eigenvalue weighted by Gasteiger charge is 2.31. The first kappa shape index (κ1) is 13.8. The first-order valence-electron chi connectivity index (χ1n) is 6.35. The van der Waals surface area contributed by atoms with Crippen LogP contribution in [0.25, 0.3) is 0 Å². The molecular formula is C14H18FNO3. The molecule has 1 aliphatic rings. The van der Waals surface area contributed by atoms with Gasteiger partial charge in [0.05, 0.1) is 6.10 Å². The Morgan fingerprint density at radius 2 is 2.37 bits per heavy atom. The van der Waals surface area contributed by atoms with Gasteiger partial charge in [0.25, 0.3) is 5.91 Å². The number of carbonyl (C=O) groups is 1. The first-order chi connectivity index (χ1) is 8.97. The number of halogens is 1. The van der Waals surface area contributed by atoms with Crippen molar-refractivity contribution in [1.29, 1.82) is 0 Å². The zero-order valence-electron chi connectivity index (χ0n) is 11.1. The number of nitrogens with zero attached hydrogens (tertiary/aromatic N) is 1. The van der Waals surface area contributed by atoms with Crippen molar-refractivity contribution in [3.8, 4) is 5.75 Å². The van der Waals surface area contributed by atoms with Crippen LogP contribution in [0.1, 0.15) is 18.9 Å². The lowest BCUT2D eigenvalue weighted by Gasteiger charge is -2.21. The number of benzene rings is 1. The van der Waals surface area contributed by atoms with Crippen molar-refractivity contribution >= 4 is 5.91 Å². The number of ether oxygens (including phenoxy) is 1. The summed E-state index contributed by atoms with van der Waals surface area (Å²) >= 11 is 0. The second-order valence-electron chi connectivity index (χ2n) is 4.96. The Morgan fingerprint density at radius 3 is 3.05 bits per heavy atom. The maximum atomic E-state index is 13.1. The second-order valence-corrected chi connectivity index (χ2v) is 4.96. The Morgan fingerprint density at radius 1 is 1.63 bits per heavy atom. The van der Waals surface area contributed by atoms with Gasteiger partial charge in [0, 0.05) is 25.6 Å². The molecule has 0 saturated heterocycles. The maximum Gasteiger partial charge on any atom is 0.263 e. The van der Waals surface area contributed by atoms with Crippen molar-refractivity contribution in [2.75, 3.05) is 13.6 Å². The molecule has 0 spiro atoms. The monoisotopic (exact) mass is 267 g/mol. The quantitative estimate of drug-likeness (QED) is 0.896. The molecule has 2 unspecified atom stereocenters. The van der Waals surface area contributed by atoms with Crippen molar-refractivity contribution in [2.24, 2.45) is 0 Å². The fraction of sp³-hybridized carbons (Fsp3) is 0.500. The van der Waals surface area contributed by atoms with E-state index in [4.69, 9.17) is 4.74 Å². The molecule has 1 heterocycles. The molecule has 104 valence electrons. The molecular weight excluding hydrogens is 249 g/mol. The lowest BCUT2D eigenvalue weighted by molar-refractivity contribution is -0.136. The summed E-state index contributed by atoms with van der Waals surface area (Å²) < 4.78 is 18.6. The number of hydrogen-bond donors (Lipinski definition) is 1. The third-order valence-electron chi connectivity index (χ3n) is 3.23. The average Bonchev–Trinajstić information content (AvgIpc) is 2.77. The molecule has 0 radical (unpaired) electrons. The van der Waals surface area contributed by atoms with Crippen LogP contribution < -0.4 is 4.74 Å². The zero-order chi connectivity index (χ0) is 14.0. The van der Waals surface area contributed by atoms with E-state index in [0.717, 1.165) is 5.56 Å². The van der Waals surface area contributed by atoms with Crippen LogP contribution in [0.2, 0.25) is 0 Å². The van der Waals surface area contributed by atoms with Gasteiger partial charge in [-0.25, -0.2) is 4.39 Å². The van der Waals surface area contributed by atoms with Crippen molar-refractivity contribution in [3.05, 3.63) is 29.6 Å².